The molecule has 0 saturated carbocycles. The smallest absolute Gasteiger partial charge is 0.270 e. The van der Waals surface area contributed by atoms with Crippen molar-refractivity contribution in [2.75, 3.05) is 5.32 Å². The number of hydrogen-bond acceptors (Lipinski definition) is 7. The molecule has 1 unspecified atom stereocenters. The number of non-ortho nitro benzene ring substituents is 1. The summed E-state index contributed by atoms with van der Waals surface area (Å²) in [4.78, 5) is 27.4. The molecule has 24 heavy (non-hydrogen) atoms. The lowest BCUT2D eigenvalue weighted by molar-refractivity contribution is -0.384. The molecule has 126 valence electrons. The maximum Gasteiger partial charge on any atom is 0.270 e. The number of aromatic nitrogens is 1. The minimum Gasteiger partial charge on any atom is -0.382 e. The highest BCUT2D eigenvalue weighted by molar-refractivity contribution is 5.93. The number of rotatable bonds is 7. The summed E-state index contributed by atoms with van der Waals surface area (Å²) >= 11 is 0. The molecule has 0 bridgehead atoms. The van der Waals surface area contributed by atoms with Crippen molar-refractivity contribution in [2.45, 2.75) is 26.4 Å². The van der Waals surface area contributed by atoms with E-state index < -0.39 is 16.9 Å². The van der Waals surface area contributed by atoms with Crippen molar-refractivity contribution >= 4 is 23.6 Å². The van der Waals surface area contributed by atoms with E-state index in [9.17, 15) is 14.9 Å². The molecule has 0 spiro atoms. The number of oxime groups is 1. The molecule has 0 fully saturated rings. The number of nitrogens with one attached hydrogen (secondary N) is 1. The molecule has 1 aromatic carbocycles. The van der Waals surface area contributed by atoms with Crippen LogP contribution in [-0.2, 0) is 9.63 Å². The molecule has 1 N–H and O–H groups in total. The Kier molecular flexibility index (Phi) is 5.61. The van der Waals surface area contributed by atoms with Gasteiger partial charge in [-0.05, 0) is 13.3 Å². The number of aryl methyl sites for hydroxylation is 1. The van der Waals surface area contributed by atoms with Crippen LogP contribution in [0, 0.1) is 17.0 Å². The molecular formula is C15H16N4O5. The summed E-state index contributed by atoms with van der Waals surface area (Å²) in [7, 11) is 0. The van der Waals surface area contributed by atoms with Crippen LogP contribution in [0.2, 0.25) is 0 Å². The summed E-state index contributed by atoms with van der Waals surface area (Å²) in [5.41, 5.74) is 0.441. The number of nitrogens with zero attached hydrogens (tertiary/aromatic N) is 3. The summed E-state index contributed by atoms with van der Waals surface area (Å²) in [5, 5.41) is 20.7. The normalized spacial score (nSPS) is 12.1. The van der Waals surface area contributed by atoms with Gasteiger partial charge in [-0.25, -0.2) is 0 Å². The van der Waals surface area contributed by atoms with Crippen LogP contribution in [0.1, 0.15) is 24.7 Å². The molecule has 1 amide bonds. The Labute approximate surface area is 137 Å². The molecule has 2 aromatic rings. The van der Waals surface area contributed by atoms with Gasteiger partial charge in [0.1, 0.15) is 5.76 Å². The zero-order valence-corrected chi connectivity index (χ0v) is 13.1. The fourth-order valence-electron chi connectivity index (χ4n) is 1.82. The monoisotopic (exact) mass is 332 g/mol. The quantitative estimate of drug-likeness (QED) is 0.473. The number of carbonyl (C=O) groups excluding carboxylic acids is 1. The number of amides is 1. The highest BCUT2D eigenvalue weighted by Crippen LogP contribution is 2.12. The molecule has 9 heteroatoms. The van der Waals surface area contributed by atoms with Gasteiger partial charge in [-0.1, -0.05) is 29.4 Å². The van der Waals surface area contributed by atoms with Gasteiger partial charge in [0.2, 0.25) is 6.10 Å². The average Bonchev–Trinajstić information content (AvgIpc) is 2.96. The SMILES string of the molecule is CCC(ON=Cc1cccc([N+](=O)[O-])c1)C(=O)Nc1cc(C)on1. The molecule has 1 heterocycles. The first kappa shape index (κ1) is 17.1. The summed E-state index contributed by atoms with van der Waals surface area (Å²) in [6.45, 7) is 3.47. The third kappa shape index (κ3) is 4.63. The fourth-order valence-corrected chi connectivity index (χ4v) is 1.82. The van der Waals surface area contributed by atoms with Gasteiger partial charge in [0.05, 0.1) is 11.1 Å². The van der Waals surface area contributed by atoms with Crippen LogP contribution in [0.25, 0.3) is 0 Å². The van der Waals surface area contributed by atoms with Crippen LogP contribution in [-0.4, -0.2) is 28.3 Å². The Hall–Kier alpha value is -3.23. The Morgan fingerprint density at radius 2 is 2.33 bits per heavy atom. The van der Waals surface area contributed by atoms with E-state index in [1.54, 1.807) is 26.0 Å². The molecule has 9 nitrogen and oxygen atoms in total. The molecule has 2 rings (SSSR count). The third-order valence-corrected chi connectivity index (χ3v) is 3.01. The molecule has 0 aliphatic carbocycles. The van der Waals surface area contributed by atoms with Crippen molar-refractivity contribution in [2.24, 2.45) is 5.16 Å². The summed E-state index contributed by atoms with van der Waals surface area (Å²) in [6.07, 6.45) is 0.870. The van der Waals surface area contributed by atoms with Gasteiger partial charge >= 0.3 is 0 Å². The summed E-state index contributed by atoms with van der Waals surface area (Å²) < 4.78 is 4.86. The minimum absolute atomic E-state index is 0.0508. The first-order chi connectivity index (χ1) is 11.5. The molecular weight excluding hydrogens is 316 g/mol. The molecule has 1 atom stereocenters. The third-order valence-electron chi connectivity index (χ3n) is 3.01. The van der Waals surface area contributed by atoms with Gasteiger partial charge in [0, 0.05) is 23.8 Å². The van der Waals surface area contributed by atoms with Crippen molar-refractivity contribution in [3.63, 3.8) is 0 Å². The van der Waals surface area contributed by atoms with E-state index in [0.717, 1.165) is 0 Å². The summed E-state index contributed by atoms with van der Waals surface area (Å²) in [6, 6.07) is 7.49. The maximum absolute atomic E-state index is 12.1. The number of benzene rings is 1. The van der Waals surface area contributed by atoms with Gasteiger partial charge in [-0.3, -0.25) is 14.9 Å². The van der Waals surface area contributed by atoms with E-state index in [4.69, 9.17) is 9.36 Å². The second-order valence-electron chi connectivity index (χ2n) is 4.90. The van der Waals surface area contributed by atoms with Crippen molar-refractivity contribution < 1.29 is 19.1 Å². The maximum atomic E-state index is 12.1. The fraction of sp³-hybridized carbons (Fsp3) is 0.267. The Balaban J connectivity index is 1.96. The van der Waals surface area contributed by atoms with Crippen LogP contribution in [0.15, 0.2) is 40.0 Å². The molecule has 0 saturated heterocycles. The van der Waals surface area contributed by atoms with Crippen LogP contribution in [0.4, 0.5) is 11.5 Å². The van der Waals surface area contributed by atoms with Crippen molar-refractivity contribution in [3.05, 3.63) is 51.8 Å². The molecule has 0 aliphatic rings. The van der Waals surface area contributed by atoms with Gasteiger partial charge in [-0.15, -0.1) is 0 Å². The van der Waals surface area contributed by atoms with Crippen LogP contribution >= 0.6 is 0 Å². The first-order valence-corrected chi connectivity index (χ1v) is 7.17. The molecule has 0 radical (unpaired) electrons. The predicted molar refractivity (Wildman–Crippen MR) is 85.7 cm³/mol. The number of nitro groups is 1. The van der Waals surface area contributed by atoms with Gasteiger partial charge in [-0.2, -0.15) is 0 Å². The van der Waals surface area contributed by atoms with E-state index in [1.807, 2.05) is 0 Å². The van der Waals surface area contributed by atoms with Crippen molar-refractivity contribution in [3.8, 4) is 0 Å². The average molecular weight is 332 g/mol. The van der Waals surface area contributed by atoms with E-state index >= 15 is 0 Å². The Bertz CT molecular complexity index is 756. The lowest BCUT2D eigenvalue weighted by Gasteiger charge is -2.11. The number of anilines is 1. The van der Waals surface area contributed by atoms with E-state index in [-0.39, 0.29) is 5.69 Å². The molecule has 0 aliphatic heterocycles. The van der Waals surface area contributed by atoms with Crippen LogP contribution in [0.5, 0.6) is 0 Å². The first-order valence-electron chi connectivity index (χ1n) is 7.17. The number of nitro benzene ring substituents is 1. The lowest BCUT2D eigenvalue weighted by atomic mass is 10.2. The Morgan fingerprint density at radius 1 is 1.54 bits per heavy atom. The Morgan fingerprint density at radius 3 is 2.96 bits per heavy atom. The van der Waals surface area contributed by atoms with Gasteiger partial charge < -0.3 is 14.7 Å². The van der Waals surface area contributed by atoms with Gasteiger partial charge in [0.25, 0.3) is 11.6 Å². The van der Waals surface area contributed by atoms with E-state index in [0.29, 0.717) is 23.6 Å². The summed E-state index contributed by atoms with van der Waals surface area (Å²) in [5.74, 6) is 0.451. The van der Waals surface area contributed by atoms with E-state index in [1.165, 1.54) is 24.4 Å². The van der Waals surface area contributed by atoms with Crippen LogP contribution < -0.4 is 5.32 Å². The van der Waals surface area contributed by atoms with E-state index in [2.05, 4.69) is 15.6 Å². The highest BCUT2D eigenvalue weighted by Gasteiger charge is 2.19. The van der Waals surface area contributed by atoms with Gasteiger partial charge in [0.15, 0.2) is 5.82 Å². The predicted octanol–water partition coefficient (Wildman–Crippen LogP) is 2.66. The highest BCUT2D eigenvalue weighted by atomic mass is 16.6. The van der Waals surface area contributed by atoms with Crippen molar-refractivity contribution in [1.82, 2.24) is 5.16 Å². The minimum atomic E-state index is -0.822. The number of carbonyl (C=O) groups is 1. The largest absolute Gasteiger partial charge is 0.382 e. The second kappa shape index (κ2) is 7.86. The zero-order valence-electron chi connectivity index (χ0n) is 13.1. The topological polar surface area (TPSA) is 120 Å². The van der Waals surface area contributed by atoms with Crippen LogP contribution in [0.3, 0.4) is 0 Å². The number of hydrogen-bond donors (Lipinski definition) is 1. The molecule has 1 aromatic heterocycles. The lowest BCUT2D eigenvalue weighted by Crippen LogP contribution is -2.28. The zero-order chi connectivity index (χ0) is 17.5. The second-order valence-corrected chi connectivity index (χ2v) is 4.90. The standard InChI is InChI=1S/C15H16N4O5/c1-3-13(15(20)17-14-7-10(2)23-18-14)24-16-9-11-5-4-6-12(8-11)19(21)22/h4-9,13H,3H2,1-2H3,(H,17,18,20). The van der Waals surface area contributed by atoms with Crippen molar-refractivity contribution in [1.29, 1.82) is 0 Å².